The van der Waals surface area contributed by atoms with Gasteiger partial charge in [0, 0.05) is 41.8 Å². The summed E-state index contributed by atoms with van der Waals surface area (Å²) < 4.78 is 2.51. The van der Waals surface area contributed by atoms with Crippen LogP contribution < -0.4 is 5.32 Å². The van der Waals surface area contributed by atoms with Crippen LogP contribution in [0.1, 0.15) is 19.8 Å². The molecular formula is C16H21N3S. The molecule has 3 rings (SSSR count). The molecule has 4 heteroatoms. The molecule has 2 aromatic rings. The fraction of sp³-hybridized carbons (Fsp3) is 0.438. The predicted molar refractivity (Wildman–Crippen MR) is 85.9 cm³/mol. The normalized spacial score (nSPS) is 21.6. The second kappa shape index (κ2) is 6.57. The molecule has 0 saturated carbocycles. The molecule has 0 aliphatic carbocycles. The molecule has 0 unspecified atom stereocenters. The molecule has 1 N–H and O–H groups in total. The number of pyridine rings is 1. The number of rotatable bonds is 2. The Morgan fingerprint density at radius 2 is 2.20 bits per heavy atom. The zero-order valence-electron chi connectivity index (χ0n) is 11.9. The van der Waals surface area contributed by atoms with Crippen LogP contribution in [0.25, 0.3) is 10.8 Å². The van der Waals surface area contributed by atoms with Crippen LogP contribution in [0, 0.1) is 0 Å². The SMILES string of the molecule is C[C@@H]1CCCNCCN1Sc1ccc2cnccc2c1. The topological polar surface area (TPSA) is 28.2 Å². The van der Waals surface area contributed by atoms with E-state index in [1.165, 1.54) is 28.5 Å². The summed E-state index contributed by atoms with van der Waals surface area (Å²) in [5.41, 5.74) is 0. The highest BCUT2D eigenvalue weighted by molar-refractivity contribution is 7.97. The lowest BCUT2D eigenvalue weighted by Gasteiger charge is -2.30. The van der Waals surface area contributed by atoms with Gasteiger partial charge in [-0.1, -0.05) is 6.07 Å². The van der Waals surface area contributed by atoms with E-state index in [0.29, 0.717) is 6.04 Å². The van der Waals surface area contributed by atoms with Crippen molar-refractivity contribution in [1.29, 1.82) is 0 Å². The van der Waals surface area contributed by atoms with E-state index in [-0.39, 0.29) is 0 Å². The molecule has 1 aliphatic rings. The lowest BCUT2D eigenvalue weighted by atomic mass is 10.1. The van der Waals surface area contributed by atoms with Crippen LogP contribution in [0.4, 0.5) is 0 Å². The number of benzene rings is 1. The first-order valence-corrected chi connectivity index (χ1v) is 8.09. The minimum atomic E-state index is 0.634. The molecule has 3 nitrogen and oxygen atoms in total. The molecule has 0 amide bonds. The summed E-state index contributed by atoms with van der Waals surface area (Å²) in [6.45, 7) is 5.67. The van der Waals surface area contributed by atoms with Gasteiger partial charge in [-0.3, -0.25) is 4.98 Å². The summed E-state index contributed by atoms with van der Waals surface area (Å²) in [4.78, 5) is 5.48. The second-order valence-corrected chi connectivity index (χ2v) is 6.48. The van der Waals surface area contributed by atoms with Crippen molar-refractivity contribution in [2.45, 2.75) is 30.7 Å². The number of nitrogens with one attached hydrogen (secondary N) is 1. The van der Waals surface area contributed by atoms with Crippen molar-refractivity contribution in [3.05, 3.63) is 36.7 Å². The van der Waals surface area contributed by atoms with E-state index in [1.54, 1.807) is 0 Å². The van der Waals surface area contributed by atoms with Crippen LogP contribution in [-0.4, -0.2) is 35.0 Å². The van der Waals surface area contributed by atoms with Gasteiger partial charge < -0.3 is 5.32 Å². The summed E-state index contributed by atoms with van der Waals surface area (Å²) in [5.74, 6) is 0. The van der Waals surface area contributed by atoms with E-state index >= 15 is 0 Å². The molecule has 0 radical (unpaired) electrons. The third kappa shape index (κ3) is 3.32. The monoisotopic (exact) mass is 287 g/mol. The first-order chi connectivity index (χ1) is 9.83. The van der Waals surface area contributed by atoms with Crippen LogP contribution in [0.2, 0.25) is 0 Å². The molecule has 1 atom stereocenters. The molecule has 1 aromatic heterocycles. The molecule has 1 saturated heterocycles. The number of fused-ring (bicyclic) bond motifs is 1. The van der Waals surface area contributed by atoms with E-state index in [4.69, 9.17) is 0 Å². The molecule has 20 heavy (non-hydrogen) atoms. The molecular weight excluding hydrogens is 266 g/mol. The van der Waals surface area contributed by atoms with E-state index in [9.17, 15) is 0 Å². The van der Waals surface area contributed by atoms with Crippen molar-refractivity contribution in [2.75, 3.05) is 19.6 Å². The van der Waals surface area contributed by atoms with Crippen LogP contribution >= 0.6 is 11.9 Å². The van der Waals surface area contributed by atoms with E-state index < -0.39 is 0 Å². The van der Waals surface area contributed by atoms with Crippen molar-refractivity contribution in [2.24, 2.45) is 0 Å². The van der Waals surface area contributed by atoms with Crippen molar-refractivity contribution in [3.8, 4) is 0 Å². The van der Waals surface area contributed by atoms with Crippen LogP contribution in [0.3, 0.4) is 0 Å². The van der Waals surface area contributed by atoms with Gasteiger partial charge in [0.2, 0.25) is 0 Å². The maximum atomic E-state index is 4.17. The Balaban J connectivity index is 1.76. The molecule has 1 aliphatic heterocycles. The number of nitrogens with zero attached hydrogens (tertiary/aromatic N) is 2. The fourth-order valence-electron chi connectivity index (χ4n) is 2.59. The molecule has 0 bridgehead atoms. The minimum absolute atomic E-state index is 0.634. The zero-order chi connectivity index (χ0) is 13.8. The van der Waals surface area contributed by atoms with E-state index in [2.05, 4.69) is 45.8 Å². The Labute approximate surface area is 124 Å². The summed E-state index contributed by atoms with van der Waals surface area (Å²) in [7, 11) is 0. The maximum absolute atomic E-state index is 4.17. The van der Waals surface area contributed by atoms with Gasteiger partial charge >= 0.3 is 0 Å². The molecule has 1 fully saturated rings. The maximum Gasteiger partial charge on any atom is 0.0346 e. The molecule has 1 aromatic carbocycles. The van der Waals surface area contributed by atoms with Gasteiger partial charge in [-0.15, -0.1) is 0 Å². The zero-order valence-corrected chi connectivity index (χ0v) is 12.7. The van der Waals surface area contributed by atoms with Crippen LogP contribution in [-0.2, 0) is 0 Å². The fourth-order valence-corrected chi connectivity index (χ4v) is 3.64. The van der Waals surface area contributed by atoms with Gasteiger partial charge in [0.15, 0.2) is 0 Å². The van der Waals surface area contributed by atoms with Crippen molar-refractivity contribution in [3.63, 3.8) is 0 Å². The first-order valence-electron chi connectivity index (χ1n) is 7.32. The van der Waals surface area contributed by atoms with E-state index in [0.717, 1.165) is 19.6 Å². The van der Waals surface area contributed by atoms with Gasteiger partial charge in [0.1, 0.15) is 0 Å². The minimum Gasteiger partial charge on any atom is -0.315 e. The highest BCUT2D eigenvalue weighted by atomic mass is 32.2. The highest BCUT2D eigenvalue weighted by Crippen LogP contribution is 2.29. The van der Waals surface area contributed by atoms with Crippen molar-refractivity contribution >= 4 is 22.7 Å². The van der Waals surface area contributed by atoms with Gasteiger partial charge in [0.05, 0.1) is 0 Å². The smallest absolute Gasteiger partial charge is 0.0346 e. The Bertz CT molecular complexity index is 572. The Hall–Kier alpha value is -1.10. The summed E-state index contributed by atoms with van der Waals surface area (Å²) in [6.07, 6.45) is 6.31. The third-order valence-electron chi connectivity index (χ3n) is 3.81. The largest absolute Gasteiger partial charge is 0.315 e. The summed E-state index contributed by atoms with van der Waals surface area (Å²) in [5, 5.41) is 5.96. The van der Waals surface area contributed by atoms with Crippen LogP contribution in [0.5, 0.6) is 0 Å². The number of hydrogen-bond acceptors (Lipinski definition) is 4. The second-order valence-electron chi connectivity index (χ2n) is 5.36. The lowest BCUT2D eigenvalue weighted by Crippen LogP contribution is -2.37. The Morgan fingerprint density at radius 1 is 1.25 bits per heavy atom. The lowest BCUT2D eigenvalue weighted by molar-refractivity contribution is 0.323. The Kier molecular flexibility index (Phi) is 4.55. The van der Waals surface area contributed by atoms with Crippen LogP contribution in [0.15, 0.2) is 41.6 Å². The van der Waals surface area contributed by atoms with Gasteiger partial charge in [0.25, 0.3) is 0 Å². The average molecular weight is 287 g/mol. The summed E-state index contributed by atoms with van der Waals surface area (Å²) >= 11 is 1.88. The van der Waals surface area contributed by atoms with Gasteiger partial charge in [-0.25, -0.2) is 4.31 Å². The molecule has 106 valence electrons. The van der Waals surface area contributed by atoms with Crippen molar-refractivity contribution < 1.29 is 0 Å². The number of hydrogen-bond donors (Lipinski definition) is 1. The highest BCUT2D eigenvalue weighted by Gasteiger charge is 2.16. The average Bonchev–Trinajstić information content (AvgIpc) is 2.47. The summed E-state index contributed by atoms with van der Waals surface area (Å²) in [6, 6.07) is 9.35. The van der Waals surface area contributed by atoms with E-state index in [1.807, 2.05) is 24.3 Å². The standard InChI is InChI=1S/C16H21N3S/c1-13-3-2-7-17-9-10-19(13)20-16-5-4-15-12-18-8-6-14(15)11-16/h4-6,8,11-13,17H,2-3,7,9-10H2,1H3/t13-/m1/s1. The first kappa shape index (κ1) is 13.9. The molecule has 2 heterocycles. The Morgan fingerprint density at radius 3 is 3.15 bits per heavy atom. The third-order valence-corrected chi connectivity index (χ3v) is 5.05. The van der Waals surface area contributed by atoms with Gasteiger partial charge in [-0.2, -0.15) is 0 Å². The van der Waals surface area contributed by atoms with Crippen molar-refractivity contribution in [1.82, 2.24) is 14.6 Å². The predicted octanol–water partition coefficient (Wildman–Crippen LogP) is 3.32. The number of aromatic nitrogens is 1. The van der Waals surface area contributed by atoms with Gasteiger partial charge in [-0.05, 0) is 61.8 Å². The molecule has 0 spiro atoms. The quantitative estimate of drug-likeness (QED) is 0.858.